The number of aryl methyl sites for hydroxylation is 1. The second kappa shape index (κ2) is 10.1. The third-order valence-electron chi connectivity index (χ3n) is 4.29. The van der Waals surface area contributed by atoms with Gasteiger partial charge in [0.15, 0.2) is 0 Å². The Kier molecular flexibility index (Phi) is 8.10. The van der Waals surface area contributed by atoms with Crippen molar-refractivity contribution in [2.45, 2.75) is 50.8 Å². The van der Waals surface area contributed by atoms with Crippen molar-refractivity contribution in [3.63, 3.8) is 0 Å². The molecule has 0 aliphatic heterocycles. The zero-order chi connectivity index (χ0) is 18.2. The van der Waals surface area contributed by atoms with Crippen molar-refractivity contribution in [1.82, 2.24) is 9.78 Å². The number of carbonyl (C=O) groups excluding carboxylic acids is 1. The third kappa shape index (κ3) is 5.93. The van der Waals surface area contributed by atoms with Gasteiger partial charge in [0.2, 0.25) is 0 Å². The average Bonchev–Trinajstić information content (AvgIpc) is 2.98. The van der Waals surface area contributed by atoms with Gasteiger partial charge in [0, 0.05) is 29.3 Å². The number of ether oxygens (including phenoxy) is 1. The van der Waals surface area contributed by atoms with Crippen molar-refractivity contribution < 1.29 is 9.53 Å². The molecule has 0 N–H and O–H groups in total. The Morgan fingerprint density at radius 1 is 1.40 bits per heavy atom. The van der Waals surface area contributed by atoms with E-state index in [-0.39, 0.29) is 5.97 Å². The number of carbonyl (C=O) groups is 1. The van der Waals surface area contributed by atoms with E-state index in [4.69, 9.17) is 16.3 Å². The summed E-state index contributed by atoms with van der Waals surface area (Å²) < 4.78 is 7.19. The summed E-state index contributed by atoms with van der Waals surface area (Å²) in [6, 6.07) is 3.92. The first-order chi connectivity index (χ1) is 12.0. The SMILES string of the molecule is CCCCC(CC)COC(=O)CCSc1ccc2nn(C)cc2c1Cl. The van der Waals surface area contributed by atoms with E-state index in [0.717, 1.165) is 28.6 Å². The van der Waals surface area contributed by atoms with Gasteiger partial charge in [-0.05, 0) is 24.5 Å². The van der Waals surface area contributed by atoms with Crippen molar-refractivity contribution in [3.05, 3.63) is 23.4 Å². The number of esters is 1. The van der Waals surface area contributed by atoms with Gasteiger partial charge in [-0.1, -0.05) is 44.7 Å². The Labute approximate surface area is 159 Å². The van der Waals surface area contributed by atoms with Gasteiger partial charge in [-0.25, -0.2) is 0 Å². The van der Waals surface area contributed by atoms with Crippen LogP contribution in [0.4, 0.5) is 0 Å². The molecule has 1 aromatic carbocycles. The number of nitrogens with zero attached hydrogens (tertiary/aromatic N) is 2. The summed E-state index contributed by atoms with van der Waals surface area (Å²) in [6.45, 7) is 4.88. The minimum absolute atomic E-state index is 0.124. The van der Waals surface area contributed by atoms with E-state index in [1.165, 1.54) is 12.8 Å². The topological polar surface area (TPSA) is 44.1 Å². The molecule has 0 fully saturated rings. The van der Waals surface area contributed by atoms with Crippen LogP contribution in [0.25, 0.3) is 10.9 Å². The van der Waals surface area contributed by atoms with E-state index in [1.807, 2.05) is 25.4 Å². The van der Waals surface area contributed by atoms with Crippen LogP contribution in [0.3, 0.4) is 0 Å². The summed E-state index contributed by atoms with van der Waals surface area (Å²) in [6.07, 6.45) is 6.89. The number of hydrogen-bond acceptors (Lipinski definition) is 4. The van der Waals surface area contributed by atoms with Crippen LogP contribution in [0.1, 0.15) is 46.0 Å². The molecule has 0 radical (unpaired) electrons. The quantitative estimate of drug-likeness (QED) is 0.403. The summed E-state index contributed by atoms with van der Waals surface area (Å²) in [4.78, 5) is 12.9. The highest BCUT2D eigenvalue weighted by Crippen LogP contribution is 2.33. The zero-order valence-electron chi connectivity index (χ0n) is 15.3. The number of aromatic nitrogens is 2. The van der Waals surface area contributed by atoms with Gasteiger partial charge in [0.25, 0.3) is 0 Å². The fourth-order valence-corrected chi connectivity index (χ4v) is 3.96. The molecular formula is C19H27ClN2O2S. The van der Waals surface area contributed by atoms with Crippen LogP contribution in [0, 0.1) is 5.92 Å². The minimum atomic E-state index is -0.124. The maximum Gasteiger partial charge on any atom is 0.306 e. The standard InChI is InChI=1S/C19H27ClN2O2S/c1-4-6-7-14(5-2)13-24-18(23)10-11-25-17-9-8-16-15(19(17)20)12-22(3)21-16/h8-9,12,14H,4-7,10-11,13H2,1-3H3. The zero-order valence-corrected chi connectivity index (χ0v) is 16.8. The molecule has 0 saturated carbocycles. The molecular weight excluding hydrogens is 356 g/mol. The normalized spacial score (nSPS) is 12.5. The highest BCUT2D eigenvalue weighted by Gasteiger charge is 2.12. The van der Waals surface area contributed by atoms with Gasteiger partial charge in [0.05, 0.1) is 23.6 Å². The van der Waals surface area contributed by atoms with E-state index < -0.39 is 0 Å². The summed E-state index contributed by atoms with van der Waals surface area (Å²) >= 11 is 8.03. The third-order valence-corrected chi connectivity index (χ3v) is 5.87. The molecule has 1 aromatic heterocycles. The fourth-order valence-electron chi connectivity index (χ4n) is 2.70. The summed E-state index contributed by atoms with van der Waals surface area (Å²) in [5, 5.41) is 5.99. The molecule has 1 unspecified atom stereocenters. The van der Waals surface area contributed by atoms with Gasteiger partial charge >= 0.3 is 5.97 Å². The fraction of sp³-hybridized carbons (Fsp3) is 0.579. The van der Waals surface area contributed by atoms with Crippen molar-refractivity contribution in [1.29, 1.82) is 0 Å². The number of halogens is 1. The highest BCUT2D eigenvalue weighted by molar-refractivity contribution is 7.99. The molecule has 1 atom stereocenters. The second-order valence-electron chi connectivity index (χ2n) is 6.31. The molecule has 2 rings (SSSR count). The molecule has 2 aromatic rings. The molecule has 1 heterocycles. The maximum atomic E-state index is 11.9. The van der Waals surface area contributed by atoms with E-state index in [2.05, 4.69) is 18.9 Å². The second-order valence-corrected chi connectivity index (χ2v) is 7.83. The lowest BCUT2D eigenvalue weighted by Gasteiger charge is -2.14. The highest BCUT2D eigenvalue weighted by atomic mass is 35.5. The Balaban J connectivity index is 1.78. The predicted molar refractivity (Wildman–Crippen MR) is 105 cm³/mol. The largest absolute Gasteiger partial charge is 0.465 e. The van der Waals surface area contributed by atoms with Crippen molar-refractivity contribution in [3.8, 4) is 0 Å². The average molecular weight is 383 g/mol. The van der Waals surface area contributed by atoms with Crippen LogP contribution in [-0.2, 0) is 16.6 Å². The molecule has 4 nitrogen and oxygen atoms in total. The maximum absolute atomic E-state index is 11.9. The first-order valence-electron chi connectivity index (χ1n) is 8.95. The molecule has 0 saturated heterocycles. The Bertz CT molecular complexity index is 702. The van der Waals surface area contributed by atoms with Crippen LogP contribution >= 0.6 is 23.4 Å². The van der Waals surface area contributed by atoms with Crippen LogP contribution in [0.2, 0.25) is 5.02 Å². The van der Waals surface area contributed by atoms with Crippen molar-refractivity contribution in [2.24, 2.45) is 13.0 Å². The molecule has 0 bridgehead atoms. The Hall–Kier alpha value is -1.20. The lowest BCUT2D eigenvalue weighted by molar-refractivity contribution is -0.144. The van der Waals surface area contributed by atoms with Crippen LogP contribution in [-0.4, -0.2) is 28.1 Å². The van der Waals surface area contributed by atoms with E-state index in [9.17, 15) is 4.79 Å². The lowest BCUT2D eigenvalue weighted by Crippen LogP contribution is -2.14. The molecule has 0 aliphatic carbocycles. The van der Waals surface area contributed by atoms with Gasteiger partial charge in [-0.3, -0.25) is 9.48 Å². The number of unbranched alkanes of at least 4 members (excludes halogenated alkanes) is 1. The Morgan fingerprint density at radius 2 is 2.20 bits per heavy atom. The van der Waals surface area contributed by atoms with E-state index in [0.29, 0.717) is 29.7 Å². The Morgan fingerprint density at radius 3 is 2.92 bits per heavy atom. The van der Waals surface area contributed by atoms with Crippen LogP contribution in [0.15, 0.2) is 23.2 Å². The summed E-state index contributed by atoms with van der Waals surface area (Å²) in [7, 11) is 1.88. The number of fused-ring (bicyclic) bond motifs is 1. The predicted octanol–water partition coefficient (Wildman–Crippen LogP) is 5.47. The molecule has 138 valence electrons. The molecule has 6 heteroatoms. The first kappa shape index (κ1) is 20.1. The molecule has 0 spiro atoms. The van der Waals surface area contributed by atoms with Gasteiger partial charge in [0.1, 0.15) is 0 Å². The monoisotopic (exact) mass is 382 g/mol. The number of thioether (sulfide) groups is 1. The van der Waals surface area contributed by atoms with E-state index in [1.54, 1.807) is 16.4 Å². The minimum Gasteiger partial charge on any atom is -0.465 e. The summed E-state index contributed by atoms with van der Waals surface area (Å²) in [5.41, 5.74) is 0.883. The number of benzene rings is 1. The number of hydrogen-bond donors (Lipinski definition) is 0. The first-order valence-corrected chi connectivity index (χ1v) is 10.3. The van der Waals surface area contributed by atoms with Gasteiger partial charge in [-0.2, -0.15) is 5.10 Å². The molecule has 0 aliphatic rings. The lowest BCUT2D eigenvalue weighted by atomic mass is 10.0. The van der Waals surface area contributed by atoms with Gasteiger partial charge < -0.3 is 4.74 Å². The van der Waals surface area contributed by atoms with Gasteiger partial charge in [-0.15, -0.1) is 11.8 Å². The number of rotatable bonds is 10. The summed E-state index contributed by atoms with van der Waals surface area (Å²) in [5.74, 6) is 1.02. The van der Waals surface area contributed by atoms with Crippen LogP contribution < -0.4 is 0 Å². The van der Waals surface area contributed by atoms with Crippen molar-refractivity contribution >= 4 is 40.2 Å². The molecule has 25 heavy (non-hydrogen) atoms. The van der Waals surface area contributed by atoms with E-state index >= 15 is 0 Å². The smallest absolute Gasteiger partial charge is 0.306 e. The van der Waals surface area contributed by atoms with Crippen LogP contribution in [0.5, 0.6) is 0 Å². The molecule has 0 amide bonds. The van der Waals surface area contributed by atoms with Crippen molar-refractivity contribution in [2.75, 3.05) is 12.4 Å².